The Labute approximate surface area is 103 Å². The summed E-state index contributed by atoms with van der Waals surface area (Å²) in [6.07, 6.45) is 8.78. The third-order valence-corrected chi connectivity index (χ3v) is 3.13. The van der Waals surface area contributed by atoms with E-state index < -0.39 is 0 Å². The van der Waals surface area contributed by atoms with E-state index in [2.05, 4.69) is 16.1 Å². The summed E-state index contributed by atoms with van der Waals surface area (Å²) in [5, 5.41) is 11.8. The van der Waals surface area contributed by atoms with Crippen molar-refractivity contribution < 1.29 is 9.53 Å². The third-order valence-electron chi connectivity index (χ3n) is 3.13. The molecule has 4 nitrogen and oxygen atoms in total. The van der Waals surface area contributed by atoms with Crippen LogP contribution in [0.1, 0.15) is 38.5 Å². The van der Waals surface area contributed by atoms with E-state index in [-0.39, 0.29) is 12.5 Å². The number of methoxy groups -OCH3 is 1. The van der Waals surface area contributed by atoms with Crippen LogP contribution in [-0.4, -0.2) is 19.6 Å². The lowest BCUT2D eigenvalue weighted by Crippen LogP contribution is -2.19. The lowest BCUT2D eigenvalue weighted by molar-refractivity contribution is -0.139. The molecule has 4 heteroatoms. The number of carbonyl (C=O) groups excluding carboxylic acids is 1. The van der Waals surface area contributed by atoms with Gasteiger partial charge in [-0.2, -0.15) is 5.26 Å². The molecule has 1 rings (SSSR count). The Balaban J connectivity index is 2.34. The fourth-order valence-corrected chi connectivity index (χ4v) is 2.17. The van der Waals surface area contributed by atoms with Crippen molar-refractivity contribution in [2.75, 3.05) is 13.7 Å². The predicted octanol–water partition coefficient (Wildman–Crippen LogP) is 2.13. The molecule has 0 aromatic carbocycles. The first-order valence-corrected chi connectivity index (χ1v) is 6.15. The zero-order valence-corrected chi connectivity index (χ0v) is 10.4. The molecule has 0 saturated heterocycles. The van der Waals surface area contributed by atoms with E-state index in [4.69, 9.17) is 5.26 Å². The number of nitrogens with zero attached hydrogens (tertiary/aromatic N) is 1. The van der Waals surface area contributed by atoms with Gasteiger partial charge in [0.15, 0.2) is 0 Å². The predicted molar refractivity (Wildman–Crippen MR) is 64.9 cm³/mol. The maximum Gasteiger partial charge on any atom is 0.325 e. The second-order valence-electron chi connectivity index (χ2n) is 4.45. The fourth-order valence-electron chi connectivity index (χ4n) is 2.17. The van der Waals surface area contributed by atoms with Crippen LogP contribution in [0.2, 0.25) is 0 Å². The van der Waals surface area contributed by atoms with Crippen molar-refractivity contribution in [1.82, 2.24) is 5.32 Å². The average molecular weight is 236 g/mol. The van der Waals surface area contributed by atoms with Crippen LogP contribution in [0, 0.1) is 17.2 Å². The van der Waals surface area contributed by atoms with Crippen molar-refractivity contribution in [2.24, 2.45) is 5.92 Å². The van der Waals surface area contributed by atoms with Crippen LogP contribution < -0.4 is 5.32 Å². The summed E-state index contributed by atoms with van der Waals surface area (Å²) in [4.78, 5) is 10.9. The summed E-state index contributed by atoms with van der Waals surface area (Å²) in [6.45, 7) is 0.117. The Hall–Kier alpha value is -1.50. The Morgan fingerprint density at radius 1 is 1.47 bits per heavy atom. The molecule has 0 amide bonds. The number of allylic oxidation sites excluding steroid dienone is 1. The van der Waals surface area contributed by atoms with Gasteiger partial charge in [0.25, 0.3) is 0 Å². The number of carbonyl (C=O) groups is 1. The Bertz CT molecular complexity index is 312. The fraction of sp³-hybridized carbons (Fsp3) is 0.692. The molecular formula is C13H20N2O2. The Morgan fingerprint density at radius 3 is 2.76 bits per heavy atom. The first kappa shape index (κ1) is 13.6. The lowest BCUT2D eigenvalue weighted by atomic mass is 9.85. The molecule has 0 aromatic heterocycles. The third kappa shape index (κ3) is 5.39. The molecule has 0 unspecified atom stereocenters. The maximum absolute atomic E-state index is 10.9. The second-order valence-corrected chi connectivity index (χ2v) is 4.45. The largest absolute Gasteiger partial charge is 0.468 e. The Morgan fingerprint density at radius 2 is 2.18 bits per heavy atom. The van der Waals surface area contributed by atoms with E-state index in [1.807, 2.05) is 0 Å². The number of hydrogen-bond acceptors (Lipinski definition) is 4. The molecule has 0 radical (unpaired) electrons. The van der Waals surface area contributed by atoms with Gasteiger partial charge in [0.2, 0.25) is 0 Å². The number of ether oxygens (including phenoxy) is 1. The normalized spacial score (nSPS) is 17.3. The quantitative estimate of drug-likeness (QED) is 0.586. The highest BCUT2D eigenvalue weighted by atomic mass is 16.5. The van der Waals surface area contributed by atoms with Gasteiger partial charge in [0.05, 0.1) is 13.2 Å². The molecule has 0 aromatic rings. The summed E-state index contributed by atoms with van der Waals surface area (Å²) in [5.74, 6) is 0.311. The average Bonchev–Trinajstić information content (AvgIpc) is 2.38. The first-order chi connectivity index (χ1) is 8.26. The van der Waals surface area contributed by atoms with Crippen molar-refractivity contribution in [1.29, 1.82) is 5.26 Å². The highest BCUT2D eigenvalue weighted by Gasteiger charge is 2.14. The standard InChI is InChI=1S/C13H20N2O2/c1-17-13(16)10-15-9-12(8-14)7-11-5-3-2-4-6-11/h9,11,15H,2-7,10H2,1H3/b12-9-. The van der Waals surface area contributed by atoms with Crippen LogP contribution in [0.25, 0.3) is 0 Å². The minimum Gasteiger partial charge on any atom is -0.468 e. The van der Waals surface area contributed by atoms with Gasteiger partial charge in [0, 0.05) is 11.8 Å². The van der Waals surface area contributed by atoms with Crippen molar-refractivity contribution >= 4 is 5.97 Å². The van der Waals surface area contributed by atoms with E-state index in [0.29, 0.717) is 5.92 Å². The van der Waals surface area contributed by atoms with Gasteiger partial charge in [0.1, 0.15) is 6.54 Å². The first-order valence-electron chi connectivity index (χ1n) is 6.15. The van der Waals surface area contributed by atoms with Crippen LogP contribution in [0.5, 0.6) is 0 Å². The smallest absolute Gasteiger partial charge is 0.325 e. The molecule has 0 spiro atoms. The summed E-state index contributed by atoms with van der Waals surface area (Å²) in [6, 6.07) is 2.19. The molecule has 0 bridgehead atoms. The molecular weight excluding hydrogens is 216 g/mol. The molecule has 1 aliphatic rings. The second kappa shape index (κ2) is 7.72. The van der Waals surface area contributed by atoms with E-state index in [9.17, 15) is 4.79 Å². The zero-order chi connectivity index (χ0) is 12.5. The van der Waals surface area contributed by atoms with E-state index >= 15 is 0 Å². The van der Waals surface area contributed by atoms with E-state index in [0.717, 1.165) is 12.0 Å². The highest BCUT2D eigenvalue weighted by molar-refractivity contribution is 5.71. The topological polar surface area (TPSA) is 62.1 Å². The van der Waals surface area contributed by atoms with Crippen LogP contribution in [0.4, 0.5) is 0 Å². The molecule has 0 aliphatic heterocycles. The van der Waals surface area contributed by atoms with Crippen LogP contribution >= 0.6 is 0 Å². The minimum atomic E-state index is -0.323. The molecule has 1 fully saturated rings. The van der Waals surface area contributed by atoms with Crippen molar-refractivity contribution in [3.8, 4) is 6.07 Å². The summed E-state index contributed by atoms with van der Waals surface area (Å²) >= 11 is 0. The van der Waals surface area contributed by atoms with Gasteiger partial charge in [-0.05, 0) is 12.3 Å². The minimum absolute atomic E-state index is 0.117. The molecule has 0 atom stereocenters. The van der Waals surface area contributed by atoms with Gasteiger partial charge in [-0.15, -0.1) is 0 Å². The van der Waals surface area contributed by atoms with Crippen LogP contribution in [-0.2, 0) is 9.53 Å². The van der Waals surface area contributed by atoms with E-state index in [1.54, 1.807) is 6.20 Å². The van der Waals surface area contributed by atoms with Crippen LogP contribution in [0.15, 0.2) is 11.8 Å². The van der Waals surface area contributed by atoms with Crippen molar-refractivity contribution in [3.05, 3.63) is 11.8 Å². The molecule has 94 valence electrons. The molecule has 1 saturated carbocycles. The molecule has 1 aliphatic carbocycles. The van der Waals surface area contributed by atoms with E-state index in [1.165, 1.54) is 39.2 Å². The number of rotatable bonds is 5. The van der Waals surface area contributed by atoms with Crippen LogP contribution in [0.3, 0.4) is 0 Å². The highest BCUT2D eigenvalue weighted by Crippen LogP contribution is 2.28. The monoisotopic (exact) mass is 236 g/mol. The zero-order valence-electron chi connectivity index (χ0n) is 10.4. The molecule has 1 N–H and O–H groups in total. The lowest BCUT2D eigenvalue weighted by Gasteiger charge is -2.20. The summed E-state index contributed by atoms with van der Waals surface area (Å²) in [5.41, 5.74) is 0.723. The van der Waals surface area contributed by atoms with Gasteiger partial charge in [-0.1, -0.05) is 32.1 Å². The van der Waals surface area contributed by atoms with Crippen molar-refractivity contribution in [2.45, 2.75) is 38.5 Å². The SMILES string of the molecule is COC(=O)CN/C=C(\C#N)CC1CCCCC1. The number of hydrogen-bond donors (Lipinski definition) is 1. The summed E-state index contributed by atoms with van der Waals surface area (Å²) < 4.78 is 4.50. The van der Waals surface area contributed by atoms with Gasteiger partial charge in [-0.25, -0.2) is 0 Å². The maximum atomic E-state index is 10.9. The number of nitriles is 1. The molecule has 0 heterocycles. The summed E-state index contributed by atoms with van der Waals surface area (Å²) in [7, 11) is 1.35. The number of esters is 1. The van der Waals surface area contributed by atoms with Gasteiger partial charge < -0.3 is 10.1 Å². The van der Waals surface area contributed by atoms with Gasteiger partial charge in [-0.3, -0.25) is 4.79 Å². The van der Waals surface area contributed by atoms with Crippen molar-refractivity contribution in [3.63, 3.8) is 0 Å². The molecule has 17 heavy (non-hydrogen) atoms. The van der Waals surface area contributed by atoms with Gasteiger partial charge >= 0.3 is 5.97 Å². The Kier molecular flexibility index (Phi) is 6.16. The number of nitrogens with one attached hydrogen (secondary N) is 1.